The number of nitrogens with one attached hydrogen (secondary N) is 1. The molecule has 1 fully saturated rings. The smallest absolute Gasteiger partial charge is 0.217 e. The molecule has 1 amide bonds. The van der Waals surface area contributed by atoms with Crippen molar-refractivity contribution in [2.75, 3.05) is 6.61 Å². The monoisotopic (exact) mass is 246 g/mol. The third kappa shape index (κ3) is 3.05. The number of hydrogen-bond donors (Lipinski definition) is 4. The van der Waals surface area contributed by atoms with Gasteiger partial charge >= 0.3 is 0 Å². The van der Waals surface area contributed by atoms with Crippen LogP contribution < -0.4 is 5.32 Å². The van der Waals surface area contributed by atoms with Crippen molar-refractivity contribution in [3.05, 3.63) is 10.4 Å². The summed E-state index contributed by atoms with van der Waals surface area (Å²) >= 11 is 0. The maximum absolute atomic E-state index is 10.9. The molecule has 4 N–H and O–H groups in total. The lowest BCUT2D eigenvalue weighted by atomic mass is 9.96. The summed E-state index contributed by atoms with van der Waals surface area (Å²) in [7, 11) is 0. The van der Waals surface area contributed by atoms with Crippen molar-refractivity contribution in [2.45, 2.75) is 37.5 Å². The number of carbonyl (C=O) groups is 1. The molecule has 1 rings (SSSR count). The van der Waals surface area contributed by atoms with Crippen molar-refractivity contribution < 1.29 is 24.9 Å². The van der Waals surface area contributed by atoms with E-state index in [-0.39, 0.29) is 0 Å². The second-order valence-corrected chi connectivity index (χ2v) is 3.66. The number of amides is 1. The summed E-state index contributed by atoms with van der Waals surface area (Å²) in [5.41, 5.74) is 8.34. The lowest BCUT2D eigenvalue weighted by molar-refractivity contribution is -0.193. The molecule has 0 aromatic carbocycles. The maximum Gasteiger partial charge on any atom is 0.217 e. The van der Waals surface area contributed by atoms with Crippen LogP contribution in [0.5, 0.6) is 0 Å². The largest absolute Gasteiger partial charge is 0.394 e. The summed E-state index contributed by atoms with van der Waals surface area (Å²) in [4.78, 5) is 13.4. The fourth-order valence-corrected chi connectivity index (χ4v) is 1.64. The highest BCUT2D eigenvalue weighted by Gasteiger charge is 2.44. The van der Waals surface area contributed by atoms with Crippen LogP contribution in [0.15, 0.2) is 5.11 Å². The van der Waals surface area contributed by atoms with Crippen LogP contribution in [0.3, 0.4) is 0 Å². The second-order valence-electron chi connectivity index (χ2n) is 3.66. The Hall–Kier alpha value is -1.38. The third-order valence-electron chi connectivity index (χ3n) is 2.44. The van der Waals surface area contributed by atoms with Crippen LogP contribution in [-0.2, 0) is 9.53 Å². The van der Waals surface area contributed by atoms with E-state index in [1.807, 2.05) is 0 Å². The zero-order valence-electron chi connectivity index (χ0n) is 9.09. The predicted octanol–water partition coefficient (Wildman–Crippen LogP) is -1.76. The molecular formula is C8H14N4O5. The Bertz CT molecular complexity index is 332. The zero-order valence-corrected chi connectivity index (χ0v) is 9.09. The minimum atomic E-state index is -1.39. The molecule has 1 saturated heterocycles. The normalized spacial score (nSPS) is 37.1. The van der Waals surface area contributed by atoms with Crippen molar-refractivity contribution in [3.8, 4) is 0 Å². The third-order valence-corrected chi connectivity index (χ3v) is 2.44. The van der Waals surface area contributed by atoms with Gasteiger partial charge in [0.25, 0.3) is 0 Å². The van der Waals surface area contributed by atoms with Crippen LogP contribution in [0, 0.1) is 0 Å². The number of rotatable bonds is 3. The van der Waals surface area contributed by atoms with E-state index in [4.69, 9.17) is 15.4 Å². The standard InChI is InChI=1S/C8H14N4O5/c1-3(14)10-5-7(16)6(15)4(2-13)17-8(5)11-12-9/h4-8,13,15-16H,2H2,1H3,(H,10,14)/t4-,5-,6-,7-,8-/m1/s1. The Morgan fingerprint density at radius 1 is 1.53 bits per heavy atom. The Morgan fingerprint density at radius 3 is 2.65 bits per heavy atom. The van der Waals surface area contributed by atoms with Crippen molar-refractivity contribution in [2.24, 2.45) is 5.11 Å². The van der Waals surface area contributed by atoms with E-state index in [9.17, 15) is 15.0 Å². The van der Waals surface area contributed by atoms with Gasteiger partial charge in [-0.3, -0.25) is 4.79 Å². The fourth-order valence-electron chi connectivity index (χ4n) is 1.64. The first-order valence-electron chi connectivity index (χ1n) is 4.95. The van der Waals surface area contributed by atoms with Gasteiger partial charge < -0.3 is 25.4 Å². The molecule has 0 unspecified atom stereocenters. The van der Waals surface area contributed by atoms with E-state index in [0.717, 1.165) is 0 Å². The number of hydrogen-bond acceptors (Lipinski definition) is 6. The van der Waals surface area contributed by atoms with E-state index in [0.29, 0.717) is 0 Å². The summed E-state index contributed by atoms with van der Waals surface area (Å²) in [6.45, 7) is 0.673. The molecule has 1 aliphatic heterocycles. The van der Waals surface area contributed by atoms with Crippen LogP contribution in [0.4, 0.5) is 0 Å². The predicted molar refractivity (Wildman–Crippen MR) is 54.5 cm³/mol. The lowest BCUT2D eigenvalue weighted by Gasteiger charge is -2.40. The van der Waals surface area contributed by atoms with Crippen LogP contribution in [0.2, 0.25) is 0 Å². The van der Waals surface area contributed by atoms with Crippen LogP contribution >= 0.6 is 0 Å². The molecule has 0 saturated carbocycles. The highest BCUT2D eigenvalue weighted by atomic mass is 16.5. The van der Waals surface area contributed by atoms with Crippen LogP contribution in [-0.4, -0.2) is 58.4 Å². The molecule has 9 nitrogen and oxygen atoms in total. The molecule has 0 aromatic heterocycles. The molecule has 0 aliphatic carbocycles. The second kappa shape index (κ2) is 5.80. The Labute approximate surface area is 96.6 Å². The van der Waals surface area contributed by atoms with Crippen LogP contribution in [0.1, 0.15) is 6.92 Å². The van der Waals surface area contributed by atoms with Gasteiger partial charge in [-0.15, -0.1) is 0 Å². The van der Waals surface area contributed by atoms with Gasteiger partial charge in [-0.2, -0.15) is 0 Å². The molecule has 1 aliphatic rings. The van der Waals surface area contributed by atoms with E-state index in [1.54, 1.807) is 0 Å². The average molecular weight is 246 g/mol. The zero-order chi connectivity index (χ0) is 13.0. The minimum Gasteiger partial charge on any atom is -0.394 e. The summed E-state index contributed by atoms with van der Waals surface area (Å²) in [5.74, 6) is -0.467. The number of aliphatic hydroxyl groups is 3. The summed E-state index contributed by atoms with van der Waals surface area (Å²) in [6, 6.07) is -1.05. The van der Waals surface area contributed by atoms with Gasteiger partial charge in [0.05, 0.1) is 12.6 Å². The Kier molecular flexibility index (Phi) is 4.67. The van der Waals surface area contributed by atoms with Gasteiger partial charge in [0.15, 0.2) is 6.23 Å². The molecule has 5 atom stereocenters. The van der Waals surface area contributed by atoms with E-state index in [2.05, 4.69) is 15.3 Å². The lowest BCUT2D eigenvalue weighted by Crippen LogP contribution is -2.63. The number of ether oxygens (including phenoxy) is 1. The van der Waals surface area contributed by atoms with Gasteiger partial charge in [-0.05, 0) is 5.53 Å². The van der Waals surface area contributed by atoms with Crippen LogP contribution in [0.25, 0.3) is 10.4 Å². The Morgan fingerprint density at radius 2 is 2.18 bits per heavy atom. The topological polar surface area (TPSA) is 148 Å². The number of azide groups is 1. The van der Waals surface area contributed by atoms with Gasteiger partial charge in [-0.25, -0.2) is 0 Å². The van der Waals surface area contributed by atoms with E-state index in [1.165, 1.54) is 6.92 Å². The number of nitrogens with zero attached hydrogens (tertiary/aromatic N) is 3. The van der Waals surface area contributed by atoms with Crippen molar-refractivity contribution in [3.63, 3.8) is 0 Å². The fraction of sp³-hybridized carbons (Fsp3) is 0.875. The van der Waals surface area contributed by atoms with Gasteiger partial charge in [-0.1, -0.05) is 5.11 Å². The highest BCUT2D eigenvalue weighted by molar-refractivity contribution is 5.73. The van der Waals surface area contributed by atoms with Gasteiger partial charge in [0.1, 0.15) is 18.3 Å². The molecule has 0 aromatic rings. The molecule has 96 valence electrons. The quantitative estimate of drug-likeness (QED) is 0.264. The van der Waals surface area contributed by atoms with Gasteiger partial charge in [0, 0.05) is 11.8 Å². The SMILES string of the molecule is CC(=O)N[C@@H]1[C@@H](O)[C@H](O)[C@@H](CO)O[C@H]1N=[N+]=[N-]. The molecule has 0 bridgehead atoms. The average Bonchev–Trinajstić information content (AvgIpc) is 2.28. The van der Waals surface area contributed by atoms with E-state index >= 15 is 0 Å². The molecule has 17 heavy (non-hydrogen) atoms. The molecule has 0 spiro atoms. The minimum absolute atomic E-state index is 0.467. The molecule has 0 radical (unpaired) electrons. The van der Waals surface area contributed by atoms with Crippen molar-refractivity contribution >= 4 is 5.91 Å². The van der Waals surface area contributed by atoms with Crippen molar-refractivity contribution in [1.29, 1.82) is 0 Å². The van der Waals surface area contributed by atoms with E-state index < -0.39 is 43.1 Å². The number of carbonyl (C=O) groups excluding carboxylic acids is 1. The first-order valence-corrected chi connectivity index (χ1v) is 4.95. The molecular weight excluding hydrogens is 232 g/mol. The summed E-state index contributed by atoms with van der Waals surface area (Å²) < 4.78 is 5.08. The summed E-state index contributed by atoms with van der Waals surface area (Å²) in [6.07, 6.45) is -5.01. The highest BCUT2D eigenvalue weighted by Crippen LogP contribution is 2.22. The first kappa shape index (κ1) is 13.7. The Balaban J connectivity index is 2.90. The molecule has 1 heterocycles. The number of aliphatic hydroxyl groups excluding tert-OH is 3. The summed E-state index contributed by atoms with van der Waals surface area (Å²) in [5, 5.41) is 33.8. The van der Waals surface area contributed by atoms with Gasteiger partial charge in [0.2, 0.25) is 5.91 Å². The maximum atomic E-state index is 10.9. The first-order chi connectivity index (χ1) is 8.01. The van der Waals surface area contributed by atoms with Crippen molar-refractivity contribution in [1.82, 2.24) is 5.32 Å². The molecule has 9 heteroatoms.